The first-order valence-corrected chi connectivity index (χ1v) is 9.47. The second-order valence-electron chi connectivity index (χ2n) is 8.10. The Hall–Kier alpha value is -2.44. The van der Waals surface area contributed by atoms with Crippen LogP contribution in [0.3, 0.4) is 0 Å². The Balaban J connectivity index is 1.43. The number of benzene rings is 1. The van der Waals surface area contributed by atoms with Gasteiger partial charge in [0.2, 0.25) is 5.91 Å². The molecule has 1 saturated carbocycles. The lowest BCUT2D eigenvalue weighted by molar-refractivity contribution is -0.148. The number of aliphatic carboxylic acids is 1. The molecule has 2 heterocycles. The van der Waals surface area contributed by atoms with E-state index in [0.717, 1.165) is 12.8 Å². The lowest BCUT2D eigenvalue weighted by Gasteiger charge is -2.39. The molecule has 0 bridgehead atoms. The molecule has 3 fully saturated rings. The summed E-state index contributed by atoms with van der Waals surface area (Å²) < 4.78 is 13.1. The van der Waals surface area contributed by atoms with E-state index >= 15 is 0 Å². The number of carbonyl (C=O) groups excluding carboxylic acids is 2. The fourth-order valence-corrected chi connectivity index (χ4v) is 4.39. The van der Waals surface area contributed by atoms with Crippen molar-refractivity contribution in [3.63, 3.8) is 0 Å². The Morgan fingerprint density at radius 3 is 2.26 bits per heavy atom. The maximum absolute atomic E-state index is 13.1. The van der Waals surface area contributed by atoms with Gasteiger partial charge in [-0.3, -0.25) is 9.59 Å². The van der Waals surface area contributed by atoms with Crippen LogP contribution in [0.1, 0.15) is 42.5 Å². The molecule has 3 aliphatic rings. The third-order valence-corrected chi connectivity index (χ3v) is 6.21. The molecular weight excluding hydrogens is 351 g/mol. The number of hydrogen-bond acceptors (Lipinski definition) is 3. The Morgan fingerprint density at radius 2 is 1.70 bits per heavy atom. The summed E-state index contributed by atoms with van der Waals surface area (Å²) in [5, 5.41) is 9.57. The molecule has 6 nitrogen and oxygen atoms in total. The standard InChI is InChI=1S/C20H23FN2O4/c21-15-5-3-13(4-6-15)17(24)22-9-7-20(8-10-22)11-16(19(26)27)23(12-20)18(25)14-1-2-14/h3-6,14,16H,1-2,7-12H2,(H,26,27)/t16-/m1/s1. The summed E-state index contributed by atoms with van der Waals surface area (Å²) in [6.07, 6.45) is 3.53. The van der Waals surface area contributed by atoms with Crippen LogP contribution in [-0.4, -0.2) is 58.4 Å². The van der Waals surface area contributed by atoms with Crippen molar-refractivity contribution >= 4 is 17.8 Å². The van der Waals surface area contributed by atoms with Gasteiger partial charge < -0.3 is 14.9 Å². The van der Waals surface area contributed by atoms with Crippen LogP contribution in [0.15, 0.2) is 24.3 Å². The minimum atomic E-state index is -0.939. The van der Waals surface area contributed by atoms with E-state index in [4.69, 9.17) is 0 Å². The van der Waals surface area contributed by atoms with Gasteiger partial charge in [0.1, 0.15) is 11.9 Å². The summed E-state index contributed by atoms with van der Waals surface area (Å²) in [5.41, 5.74) is 0.223. The van der Waals surface area contributed by atoms with Crippen molar-refractivity contribution in [3.8, 4) is 0 Å². The quantitative estimate of drug-likeness (QED) is 0.879. The molecule has 1 aromatic carbocycles. The molecule has 2 amide bonds. The number of amides is 2. The van der Waals surface area contributed by atoms with Crippen LogP contribution in [-0.2, 0) is 9.59 Å². The highest BCUT2D eigenvalue weighted by Crippen LogP contribution is 2.45. The van der Waals surface area contributed by atoms with Gasteiger partial charge in [-0.2, -0.15) is 0 Å². The van der Waals surface area contributed by atoms with E-state index in [2.05, 4.69) is 0 Å². The van der Waals surface area contributed by atoms with Crippen molar-refractivity contribution < 1.29 is 23.9 Å². The van der Waals surface area contributed by atoms with Crippen molar-refractivity contribution in [1.29, 1.82) is 0 Å². The van der Waals surface area contributed by atoms with Crippen LogP contribution in [0.25, 0.3) is 0 Å². The normalized spacial score (nSPS) is 24.3. The molecule has 1 aromatic rings. The third-order valence-electron chi connectivity index (χ3n) is 6.21. The fraction of sp³-hybridized carbons (Fsp3) is 0.550. The average Bonchev–Trinajstić information content (AvgIpc) is 3.44. The van der Waals surface area contributed by atoms with Gasteiger partial charge in [-0.1, -0.05) is 0 Å². The minimum absolute atomic E-state index is 0.00198. The molecule has 144 valence electrons. The fourth-order valence-electron chi connectivity index (χ4n) is 4.39. The van der Waals surface area contributed by atoms with E-state index in [9.17, 15) is 23.9 Å². The lowest BCUT2D eigenvalue weighted by atomic mass is 9.76. The first-order valence-electron chi connectivity index (χ1n) is 9.47. The molecule has 27 heavy (non-hydrogen) atoms. The highest BCUT2D eigenvalue weighted by molar-refractivity contribution is 5.94. The van der Waals surface area contributed by atoms with Crippen LogP contribution < -0.4 is 0 Å². The Labute approximate surface area is 156 Å². The van der Waals surface area contributed by atoms with Gasteiger partial charge in [-0.25, -0.2) is 9.18 Å². The maximum Gasteiger partial charge on any atom is 0.326 e. The van der Waals surface area contributed by atoms with E-state index in [1.165, 1.54) is 24.3 Å². The van der Waals surface area contributed by atoms with Crippen LogP contribution in [0.4, 0.5) is 4.39 Å². The number of likely N-dealkylation sites (tertiary alicyclic amines) is 2. The van der Waals surface area contributed by atoms with Gasteiger partial charge in [0.15, 0.2) is 0 Å². The van der Waals surface area contributed by atoms with Gasteiger partial charge in [-0.05, 0) is 61.8 Å². The van der Waals surface area contributed by atoms with E-state index in [1.807, 2.05) is 0 Å². The predicted octanol–water partition coefficient (Wildman–Crippen LogP) is 2.14. The van der Waals surface area contributed by atoms with Crippen molar-refractivity contribution in [2.24, 2.45) is 11.3 Å². The number of carbonyl (C=O) groups is 3. The SMILES string of the molecule is O=C(O)[C@H]1CC2(CCN(C(=O)c3ccc(F)cc3)CC2)CN1C(=O)C1CC1. The molecular formula is C20H23FN2O4. The van der Waals surface area contributed by atoms with Gasteiger partial charge in [0.25, 0.3) is 5.91 Å². The summed E-state index contributed by atoms with van der Waals surface area (Å²) in [6, 6.07) is 4.75. The molecule has 2 aliphatic heterocycles. The Bertz CT molecular complexity index is 767. The van der Waals surface area contributed by atoms with Crippen molar-refractivity contribution in [2.75, 3.05) is 19.6 Å². The summed E-state index contributed by atoms with van der Waals surface area (Å²) >= 11 is 0. The molecule has 1 N–H and O–H groups in total. The number of carboxylic acids is 1. The zero-order valence-corrected chi connectivity index (χ0v) is 15.1. The van der Waals surface area contributed by atoms with Crippen molar-refractivity contribution in [3.05, 3.63) is 35.6 Å². The summed E-state index contributed by atoms with van der Waals surface area (Å²) in [6.45, 7) is 1.51. The van der Waals surface area contributed by atoms with Crippen LogP contribution >= 0.6 is 0 Å². The Kier molecular flexibility index (Phi) is 4.40. The first-order chi connectivity index (χ1) is 12.9. The minimum Gasteiger partial charge on any atom is -0.480 e. The smallest absolute Gasteiger partial charge is 0.326 e. The van der Waals surface area contributed by atoms with Gasteiger partial charge in [0, 0.05) is 31.1 Å². The van der Waals surface area contributed by atoms with Crippen LogP contribution in [0, 0.1) is 17.2 Å². The molecule has 0 radical (unpaired) electrons. The number of carboxylic acid groups (broad SMARTS) is 1. The summed E-state index contributed by atoms with van der Waals surface area (Å²) in [4.78, 5) is 40.1. The highest BCUT2D eigenvalue weighted by Gasteiger charge is 2.52. The first kappa shape index (κ1) is 17.9. The summed E-state index contributed by atoms with van der Waals surface area (Å²) in [5.74, 6) is -1.48. The molecule has 1 spiro atoms. The predicted molar refractivity (Wildman–Crippen MR) is 94.4 cm³/mol. The molecule has 2 saturated heterocycles. The zero-order valence-electron chi connectivity index (χ0n) is 15.1. The van der Waals surface area contributed by atoms with Crippen molar-refractivity contribution in [1.82, 2.24) is 9.80 Å². The monoisotopic (exact) mass is 374 g/mol. The molecule has 7 heteroatoms. The summed E-state index contributed by atoms with van der Waals surface area (Å²) in [7, 11) is 0. The van der Waals surface area contributed by atoms with E-state index in [0.29, 0.717) is 44.5 Å². The molecule has 1 aliphatic carbocycles. The molecule has 1 atom stereocenters. The number of hydrogen-bond donors (Lipinski definition) is 1. The van der Waals surface area contributed by atoms with Crippen LogP contribution in [0.2, 0.25) is 0 Å². The number of piperidine rings is 1. The van der Waals surface area contributed by atoms with Crippen molar-refractivity contribution in [2.45, 2.75) is 38.1 Å². The van der Waals surface area contributed by atoms with E-state index in [-0.39, 0.29) is 29.0 Å². The number of halogens is 1. The van der Waals surface area contributed by atoms with E-state index < -0.39 is 12.0 Å². The highest BCUT2D eigenvalue weighted by atomic mass is 19.1. The largest absolute Gasteiger partial charge is 0.480 e. The Morgan fingerprint density at radius 1 is 1.07 bits per heavy atom. The molecule has 4 rings (SSSR count). The number of nitrogens with zero attached hydrogens (tertiary/aromatic N) is 2. The second kappa shape index (κ2) is 6.62. The zero-order chi connectivity index (χ0) is 19.2. The second-order valence-corrected chi connectivity index (χ2v) is 8.10. The topological polar surface area (TPSA) is 77.9 Å². The molecule has 0 aromatic heterocycles. The van der Waals surface area contributed by atoms with Gasteiger partial charge in [-0.15, -0.1) is 0 Å². The lowest BCUT2D eigenvalue weighted by Crippen LogP contribution is -2.45. The van der Waals surface area contributed by atoms with Gasteiger partial charge in [0.05, 0.1) is 0 Å². The third kappa shape index (κ3) is 3.42. The maximum atomic E-state index is 13.1. The van der Waals surface area contributed by atoms with Crippen LogP contribution in [0.5, 0.6) is 0 Å². The van der Waals surface area contributed by atoms with Gasteiger partial charge >= 0.3 is 5.97 Å². The molecule has 0 unspecified atom stereocenters. The number of rotatable bonds is 3. The average molecular weight is 374 g/mol. The van der Waals surface area contributed by atoms with E-state index in [1.54, 1.807) is 9.80 Å².